The smallest absolute Gasteiger partial charge is 0.337 e. The zero-order valence-corrected chi connectivity index (χ0v) is 16.6. The second-order valence-electron chi connectivity index (χ2n) is 5.52. The van der Waals surface area contributed by atoms with E-state index in [9.17, 15) is 14.4 Å². The van der Waals surface area contributed by atoms with Crippen molar-refractivity contribution >= 4 is 35.3 Å². The molecule has 1 amide bonds. The van der Waals surface area contributed by atoms with Crippen molar-refractivity contribution in [1.29, 1.82) is 0 Å². The largest absolute Gasteiger partial charge is 0.494 e. The predicted molar refractivity (Wildman–Crippen MR) is 106 cm³/mol. The van der Waals surface area contributed by atoms with Crippen molar-refractivity contribution < 1.29 is 28.6 Å². The van der Waals surface area contributed by atoms with Crippen molar-refractivity contribution in [2.45, 2.75) is 11.8 Å². The summed E-state index contributed by atoms with van der Waals surface area (Å²) in [5, 5.41) is 2.68. The molecule has 2 rings (SSSR count). The van der Waals surface area contributed by atoms with Crippen molar-refractivity contribution in [3.05, 3.63) is 53.6 Å². The Hall–Kier alpha value is -3.00. The van der Waals surface area contributed by atoms with Crippen LogP contribution >= 0.6 is 11.8 Å². The quantitative estimate of drug-likeness (QED) is 0.534. The summed E-state index contributed by atoms with van der Waals surface area (Å²) in [5.41, 5.74) is 0.584. The number of rotatable bonds is 8. The topological polar surface area (TPSA) is 90.9 Å². The molecule has 0 aliphatic heterocycles. The molecule has 0 heterocycles. The van der Waals surface area contributed by atoms with Gasteiger partial charge in [0.25, 0.3) is 0 Å². The van der Waals surface area contributed by atoms with Gasteiger partial charge in [0.2, 0.25) is 5.91 Å². The molecule has 0 aliphatic rings. The highest BCUT2D eigenvalue weighted by Gasteiger charge is 2.15. The number of benzene rings is 2. The van der Waals surface area contributed by atoms with E-state index in [1.807, 2.05) is 31.2 Å². The van der Waals surface area contributed by atoms with Gasteiger partial charge in [0.05, 0.1) is 37.7 Å². The van der Waals surface area contributed by atoms with E-state index in [1.165, 1.54) is 44.2 Å². The first-order chi connectivity index (χ1) is 13.5. The van der Waals surface area contributed by atoms with Gasteiger partial charge in [0.1, 0.15) is 5.75 Å². The molecule has 0 saturated carbocycles. The molecule has 28 heavy (non-hydrogen) atoms. The van der Waals surface area contributed by atoms with E-state index in [1.54, 1.807) is 0 Å². The maximum Gasteiger partial charge on any atom is 0.337 e. The lowest BCUT2D eigenvalue weighted by molar-refractivity contribution is -0.113. The highest BCUT2D eigenvalue weighted by Crippen LogP contribution is 2.22. The zero-order valence-electron chi connectivity index (χ0n) is 15.8. The summed E-state index contributed by atoms with van der Waals surface area (Å²) in [4.78, 5) is 36.8. The van der Waals surface area contributed by atoms with E-state index in [0.717, 1.165) is 10.6 Å². The average molecular weight is 403 g/mol. The standard InChI is InChI=1S/C20H21NO6S/c1-4-27-16-5-7-17(8-6-16)28-12-18(22)21-15-10-13(19(23)25-2)9-14(11-15)20(24)26-3/h5-11H,4,12H2,1-3H3,(H,21,22). The first-order valence-electron chi connectivity index (χ1n) is 8.44. The molecule has 0 bridgehead atoms. The molecule has 0 saturated heterocycles. The molecule has 8 heteroatoms. The van der Waals surface area contributed by atoms with Crippen molar-refractivity contribution in [3.8, 4) is 5.75 Å². The molecule has 0 aromatic heterocycles. The minimum Gasteiger partial charge on any atom is -0.494 e. The second kappa shape index (κ2) is 10.4. The van der Waals surface area contributed by atoms with Crippen LogP contribution in [-0.2, 0) is 14.3 Å². The fourth-order valence-electron chi connectivity index (χ4n) is 2.32. The number of esters is 2. The van der Waals surface area contributed by atoms with E-state index in [4.69, 9.17) is 4.74 Å². The van der Waals surface area contributed by atoms with Crippen LogP contribution in [0.5, 0.6) is 5.75 Å². The molecule has 1 N–H and O–H groups in total. The molecule has 0 unspecified atom stereocenters. The van der Waals surface area contributed by atoms with Crippen LogP contribution in [0.25, 0.3) is 0 Å². The molecule has 148 valence electrons. The van der Waals surface area contributed by atoms with E-state index in [2.05, 4.69) is 14.8 Å². The Balaban J connectivity index is 2.05. The predicted octanol–water partition coefficient (Wildman–Crippen LogP) is 3.39. The Morgan fingerprint density at radius 3 is 2.00 bits per heavy atom. The Kier molecular flexibility index (Phi) is 7.88. The molecule has 0 radical (unpaired) electrons. The lowest BCUT2D eigenvalue weighted by Crippen LogP contribution is -2.16. The third kappa shape index (κ3) is 6.02. The molecular weight excluding hydrogens is 382 g/mol. The molecule has 0 spiro atoms. The maximum absolute atomic E-state index is 12.3. The van der Waals surface area contributed by atoms with Gasteiger partial charge in [-0.25, -0.2) is 9.59 Å². The Morgan fingerprint density at radius 2 is 1.50 bits per heavy atom. The lowest BCUT2D eigenvalue weighted by atomic mass is 10.1. The molecule has 2 aromatic rings. The molecular formula is C20H21NO6S. The number of thioether (sulfide) groups is 1. The number of hydrogen-bond donors (Lipinski definition) is 1. The summed E-state index contributed by atoms with van der Waals surface area (Å²) in [6, 6.07) is 11.7. The second-order valence-corrected chi connectivity index (χ2v) is 6.57. The first kappa shape index (κ1) is 21.3. The number of amides is 1. The molecule has 2 aromatic carbocycles. The minimum atomic E-state index is -0.620. The zero-order chi connectivity index (χ0) is 20.5. The first-order valence-corrected chi connectivity index (χ1v) is 9.42. The van der Waals surface area contributed by atoms with E-state index in [0.29, 0.717) is 12.3 Å². The van der Waals surface area contributed by atoms with Gasteiger partial charge < -0.3 is 19.5 Å². The average Bonchev–Trinajstić information content (AvgIpc) is 2.72. The highest BCUT2D eigenvalue weighted by molar-refractivity contribution is 8.00. The van der Waals surface area contributed by atoms with Crippen molar-refractivity contribution in [2.75, 3.05) is 31.9 Å². The normalized spacial score (nSPS) is 10.1. The SMILES string of the molecule is CCOc1ccc(SCC(=O)Nc2cc(C(=O)OC)cc(C(=O)OC)c2)cc1. The van der Waals surface area contributed by atoms with Gasteiger partial charge in [0.15, 0.2) is 0 Å². The number of carbonyl (C=O) groups excluding carboxylic acids is 3. The highest BCUT2D eigenvalue weighted by atomic mass is 32.2. The summed E-state index contributed by atoms with van der Waals surface area (Å²) >= 11 is 1.35. The summed E-state index contributed by atoms with van der Waals surface area (Å²) in [7, 11) is 2.47. The van der Waals surface area contributed by atoms with Crippen molar-refractivity contribution in [3.63, 3.8) is 0 Å². The van der Waals surface area contributed by atoms with Gasteiger partial charge >= 0.3 is 11.9 Å². The van der Waals surface area contributed by atoms with Crippen molar-refractivity contribution in [1.82, 2.24) is 0 Å². The van der Waals surface area contributed by atoms with Crippen LogP contribution in [-0.4, -0.2) is 44.4 Å². The summed E-state index contributed by atoms with van der Waals surface area (Å²) in [6.07, 6.45) is 0. The van der Waals surface area contributed by atoms with Crippen LogP contribution in [0.4, 0.5) is 5.69 Å². The maximum atomic E-state index is 12.3. The number of nitrogens with one attached hydrogen (secondary N) is 1. The van der Waals surface area contributed by atoms with E-state index in [-0.39, 0.29) is 22.8 Å². The van der Waals surface area contributed by atoms with Gasteiger partial charge in [0, 0.05) is 10.6 Å². The lowest BCUT2D eigenvalue weighted by Gasteiger charge is -2.10. The third-order valence-electron chi connectivity index (χ3n) is 3.56. The molecule has 0 atom stereocenters. The molecule has 7 nitrogen and oxygen atoms in total. The van der Waals surface area contributed by atoms with Crippen LogP contribution in [0, 0.1) is 0 Å². The molecule has 0 fully saturated rings. The Labute approximate surface area is 167 Å². The number of methoxy groups -OCH3 is 2. The summed E-state index contributed by atoms with van der Waals surface area (Å²) in [6.45, 7) is 2.50. The number of carbonyl (C=O) groups is 3. The van der Waals surface area contributed by atoms with E-state index >= 15 is 0 Å². The fraction of sp³-hybridized carbons (Fsp3) is 0.250. The van der Waals surface area contributed by atoms with Crippen LogP contribution in [0.1, 0.15) is 27.6 Å². The fourth-order valence-corrected chi connectivity index (χ4v) is 3.01. The summed E-state index contributed by atoms with van der Waals surface area (Å²) < 4.78 is 14.7. The van der Waals surface area contributed by atoms with Gasteiger partial charge in [-0.2, -0.15) is 0 Å². The van der Waals surface area contributed by atoms with Crippen LogP contribution < -0.4 is 10.1 Å². The van der Waals surface area contributed by atoms with Gasteiger partial charge in [-0.05, 0) is 49.4 Å². The van der Waals surface area contributed by atoms with Gasteiger partial charge in [-0.3, -0.25) is 4.79 Å². The van der Waals surface area contributed by atoms with Gasteiger partial charge in [-0.15, -0.1) is 11.8 Å². The number of ether oxygens (including phenoxy) is 3. The van der Waals surface area contributed by atoms with Crippen molar-refractivity contribution in [2.24, 2.45) is 0 Å². The van der Waals surface area contributed by atoms with Crippen LogP contribution in [0.3, 0.4) is 0 Å². The Morgan fingerprint density at radius 1 is 0.929 bits per heavy atom. The monoisotopic (exact) mass is 403 g/mol. The minimum absolute atomic E-state index is 0.139. The third-order valence-corrected chi connectivity index (χ3v) is 4.58. The van der Waals surface area contributed by atoms with Gasteiger partial charge in [-0.1, -0.05) is 0 Å². The van der Waals surface area contributed by atoms with Crippen LogP contribution in [0.2, 0.25) is 0 Å². The van der Waals surface area contributed by atoms with Crippen LogP contribution in [0.15, 0.2) is 47.4 Å². The van der Waals surface area contributed by atoms with E-state index < -0.39 is 11.9 Å². The molecule has 0 aliphatic carbocycles. The number of anilines is 1. The Bertz CT molecular complexity index is 816. The number of hydrogen-bond acceptors (Lipinski definition) is 7. The summed E-state index contributed by atoms with van der Waals surface area (Å²) in [5.74, 6) is -0.595.